The molecular formula is C28H66O12Si7. The van der Waals surface area contributed by atoms with E-state index < -0.39 is 96.9 Å². The van der Waals surface area contributed by atoms with Gasteiger partial charge in [-0.2, -0.15) is 0 Å². The lowest BCUT2D eigenvalue weighted by atomic mass is 10.3. The van der Waals surface area contributed by atoms with Gasteiger partial charge in [0.2, 0.25) is 0 Å². The van der Waals surface area contributed by atoms with Crippen LogP contribution in [0.1, 0.15) is 145 Å². The molecule has 0 unspecified atom stereocenters. The quantitative estimate of drug-likeness (QED) is 0.212. The van der Waals surface area contributed by atoms with Gasteiger partial charge in [0.25, 0.3) is 0 Å². The second kappa shape index (κ2) is 11.3. The predicted octanol–water partition coefficient (Wildman–Crippen LogP) is 7.33. The molecule has 0 spiro atoms. The molecule has 4 bridgehead atoms. The summed E-state index contributed by atoms with van der Waals surface area (Å²) in [5.74, 6) is 0. The second-order valence-electron chi connectivity index (χ2n) is 20.6. The van der Waals surface area contributed by atoms with Crippen molar-refractivity contribution in [2.24, 2.45) is 0 Å². The molecule has 3 N–H and O–H groups in total. The van der Waals surface area contributed by atoms with E-state index in [2.05, 4.69) is 0 Å². The minimum atomic E-state index is -4.56. The molecule has 19 heteroatoms. The lowest BCUT2D eigenvalue weighted by Gasteiger charge is -2.65. The molecule has 278 valence electrons. The van der Waals surface area contributed by atoms with Crippen molar-refractivity contribution in [3.05, 3.63) is 0 Å². The summed E-state index contributed by atoms with van der Waals surface area (Å²) in [5.41, 5.74) is 0. The molecule has 12 nitrogen and oxygen atoms in total. The Morgan fingerprint density at radius 3 is 0.468 bits per heavy atom. The smallest absolute Gasteiger partial charge is 0.390 e. The number of rotatable bonds is 0. The van der Waals surface area contributed by atoms with E-state index in [9.17, 15) is 14.4 Å². The van der Waals surface area contributed by atoms with Gasteiger partial charge in [-0.3, -0.25) is 0 Å². The van der Waals surface area contributed by atoms with E-state index in [1.807, 2.05) is 145 Å². The molecule has 47 heavy (non-hydrogen) atoms. The van der Waals surface area contributed by atoms with Crippen molar-refractivity contribution in [1.82, 2.24) is 0 Å². The fraction of sp³-hybridized carbons (Fsp3) is 1.00. The largest absolute Gasteiger partial charge is 0.489 e. The van der Waals surface area contributed by atoms with E-state index in [1.54, 1.807) is 0 Å². The first-order valence-corrected chi connectivity index (χ1v) is 28.8. The van der Waals surface area contributed by atoms with Crippen molar-refractivity contribution in [2.45, 2.75) is 181 Å². The zero-order chi connectivity index (χ0) is 37.4. The van der Waals surface area contributed by atoms with E-state index in [4.69, 9.17) is 37.0 Å². The van der Waals surface area contributed by atoms with Crippen LogP contribution in [-0.4, -0.2) is 76.0 Å². The van der Waals surface area contributed by atoms with Crippen LogP contribution in [0.3, 0.4) is 0 Å². The third kappa shape index (κ3) is 6.85. The molecule has 3 heterocycles. The summed E-state index contributed by atoms with van der Waals surface area (Å²) in [6, 6.07) is 0. The lowest BCUT2D eigenvalue weighted by molar-refractivity contribution is -0.0281. The molecule has 0 aromatic rings. The Morgan fingerprint density at radius 1 is 0.234 bits per heavy atom. The molecule has 0 amide bonds. The lowest BCUT2D eigenvalue weighted by Crippen LogP contribution is -2.87. The number of hydrogen-bond donors (Lipinski definition) is 3. The van der Waals surface area contributed by atoms with Gasteiger partial charge in [-0.05, 0) is 0 Å². The van der Waals surface area contributed by atoms with E-state index in [0.29, 0.717) is 0 Å². The third-order valence-electron chi connectivity index (χ3n) is 8.96. The number of fused-ring (bicyclic) bond motifs is 3. The first kappa shape index (κ1) is 42.5. The monoisotopic (exact) mass is 790 g/mol. The maximum Gasteiger partial charge on any atom is 0.489 e. The highest BCUT2D eigenvalue weighted by molar-refractivity contribution is 7.00. The molecule has 3 aliphatic heterocycles. The van der Waals surface area contributed by atoms with E-state index in [0.717, 1.165) is 0 Å². The maximum atomic E-state index is 13.0. The van der Waals surface area contributed by atoms with Crippen LogP contribution in [0.15, 0.2) is 0 Å². The van der Waals surface area contributed by atoms with E-state index in [-0.39, 0.29) is 0 Å². The second-order valence-corrected chi connectivity index (χ2v) is 46.4. The summed E-state index contributed by atoms with van der Waals surface area (Å²) in [5, 5.41) is -6.81. The van der Waals surface area contributed by atoms with Crippen LogP contribution in [-0.2, 0) is 37.0 Å². The summed E-state index contributed by atoms with van der Waals surface area (Å²) >= 11 is 0. The molecule has 0 saturated carbocycles. The van der Waals surface area contributed by atoms with Crippen LogP contribution in [0.4, 0.5) is 0 Å². The van der Waals surface area contributed by atoms with Crippen LogP contribution in [0.2, 0.25) is 35.3 Å². The van der Waals surface area contributed by atoms with Crippen LogP contribution in [0.5, 0.6) is 0 Å². The Hall–Kier alpha value is 1.04. The molecule has 3 rings (SSSR count). The average Bonchev–Trinajstić information content (AvgIpc) is 2.69. The molecule has 3 saturated heterocycles. The Kier molecular flexibility index (Phi) is 10.2. The van der Waals surface area contributed by atoms with Crippen LogP contribution < -0.4 is 0 Å². The Balaban J connectivity index is 2.77. The van der Waals surface area contributed by atoms with Gasteiger partial charge in [-0.25, -0.2) is 0 Å². The normalized spacial score (nSPS) is 41.9. The molecular weight excluding hydrogens is 725 g/mol. The minimum Gasteiger partial charge on any atom is -0.390 e. The van der Waals surface area contributed by atoms with Crippen molar-refractivity contribution in [2.75, 3.05) is 0 Å². The molecule has 3 fully saturated rings. The minimum absolute atomic E-state index is 0.897. The highest BCUT2D eigenvalue weighted by Gasteiger charge is 2.85. The molecule has 0 atom stereocenters. The highest BCUT2D eigenvalue weighted by atomic mass is 28.6. The van der Waals surface area contributed by atoms with E-state index >= 15 is 0 Å². The van der Waals surface area contributed by atoms with Crippen molar-refractivity contribution in [3.8, 4) is 0 Å². The van der Waals surface area contributed by atoms with Crippen molar-refractivity contribution in [3.63, 3.8) is 0 Å². The summed E-state index contributed by atoms with van der Waals surface area (Å²) in [7, 11) is -31.3. The van der Waals surface area contributed by atoms with Crippen molar-refractivity contribution in [1.29, 1.82) is 0 Å². The summed E-state index contributed by atoms with van der Waals surface area (Å²) < 4.78 is 65.0. The Labute approximate surface area is 292 Å². The van der Waals surface area contributed by atoms with Crippen LogP contribution in [0, 0.1) is 0 Å². The standard InChI is InChI=1S/C28H66O12Si7/c1-22(2,3)41(29)32-44(25(10,11)12)34-42(30,23(4,5)6)36-46(27(16,17)18)37-43(31,24(7,8)9)35-45(33-41,26(13,14)15)39-47(38-44,40-46)28(19,20)21/h29-31H,1-21H3. The SMILES string of the molecule is CC(C)(C)[Si]1(O)O[Si]2(C(C)(C)C)O[Si](O)(C(C)(C)C)O[Si]3(C(C)(C)C)O[Si](O)(C(C)(C)C)O[Si](C(C)(C)C)(O1)O[Si](C(C)(C)C)(O2)O3. The topological polar surface area (TPSA) is 144 Å². The van der Waals surface area contributed by atoms with Crippen molar-refractivity contribution < 1.29 is 51.4 Å². The molecule has 0 aliphatic carbocycles. The predicted molar refractivity (Wildman–Crippen MR) is 195 cm³/mol. The van der Waals surface area contributed by atoms with Gasteiger partial charge in [0.05, 0.1) is 0 Å². The maximum absolute atomic E-state index is 13.0. The fourth-order valence-corrected chi connectivity index (χ4v) is 47.8. The van der Waals surface area contributed by atoms with Gasteiger partial charge in [-0.15, -0.1) is 0 Å². The Morgan fingerprint density at radius 2 is 0.362 bits per heavy atom. The summed E-state index contributed by atoms with van der Waals surface area (Å²) in [4.78, 5) is 38.9. The Bertz CT molecular complexity index is 1050. The van der Waals surface area contributed by atoms with E-state index in [1.165, 1.54) is 0 Å². The van der Waals surface area contributed by atoms with Crippen molar-refractivity contribution >= 4 is 61.6 Å². The first-order chi connectivity index (χ1) is 20.1. The van der Waals surface area contributed by atoms with Gasteiger partial charge in [0.15, 0.2) is 0 Å². The zero-order valence-corrected chi connectivity index (χ0v) is 40.0. The molecule has 0 aromatic carbocycles. The zero-order valence-electron chi connectivity index (χ0n) is 33.0. The fourth-order valence-electron chi connectivity index (χ4n) is 4.69. The first-order valence-electron chi connectivity index (χ1n) is 16.6. The number of hydrogen-bond acceptors (Lipinski definition) is 12. The van der Waals surface area contributed by atoms with Gasteiger partial charge >= 0.3 is 61.6 Å². The van der Waals surface area contributed by atoms with Gasteiger partial charge in [0.1, 0.15) is 0 Å². The third-order valence-corrected chi connectivity index (χ3v) is 41.5. The highest BCUT2D eigenvalue weighted by Crippen LogP contribution is 2.63. The average molecular weight is 791 g/mol. The molecule has 0 aromatic heterocycles. The van der Waals surface area contributed by atoms with Crippen LogP contribution in [0.25, 0.3) is 0 Å². The molecule has 3 aliphatic rings. The molecule has 0 radical (unpaired) electrons. The van der Waals surface area contributed by atoms with Gasteiger partial charge < -0.3 is 51.4 Å². The summed E-state index contributed by atoms with van der Waals surface area (Å²) in [6.45, 7) is 39.3. The summed E-state index contributed by atoms with van der Waals surface area (Å²) in [6.07, 6.45) is 0. The van der Waals surface area contributed by atoms with Gasteiger partial charge in [0, 0.05) is 35.3 Å². The van der Waals surface area contributed by atoms with Gasteiger partial charge in [-0.1, -0.05) is 145 Å². The van der Waals surface area contributed by atoms with Crippen LogP contribution >= 0.6 is 0 Å².